The number of benzene rings is 1. The van der Waals surface area contributed by atoms with Crippen molar-refractivity contribution >= 4 is 0 Å². The highest BCUT2D eigenvalue weighted by molar-refractivity contribution is 5.26. The quantitative estimate of drug-likeness (QED) is 0.510. The van der Waals surface area contributed by atoms with E-state index in [1.54, 1.807) is 7.11 Å². The van der Waals surface area contributed by atoms with E-state index < -0.39 is 0 Å². The Hall–Kier alpha value is -1.16. The summed E-state index contributed by atoms with van der Waals surface area (Å²) in [4.78, 5) is 0. The van der Waals surface area contributed by atoms with Gasteiger partial charge in [0.15, 0.2) is 0 Å². The maximum atomic E-state index is 5.43. The topological polar surface area (TPSA) is 30.5 Å². The molecule has 0 aliphatic carbocycles. The summed E-state index contributed by atoms with van der Waals surface area (Å²) in [6, 6.07) is 8.31. The molecule has 0 saturated carbocycles. The Morgan fingerprint density at radius 3 is 2.72 bits per heavy atom. The van der Waals surface area contributed by atoms with E-state index in [9.17, 15) is 0 Å². The van der Waals surface area contributed by atoms with Crippen molar-refractivity contribution < 1.29 is 9.47 Å². The average Bonchev–Trinajstić information content (AvgIpc) is 2.40. The summed E-state index contributed by atoms with van der Waals surface area (Å²) in [7, 11) is 1.72. The van der Waals surface area contributed by atoms with E-state index in [1.165, 1.54) is 11.1 Å². The SMILES string of the molecule is C=CCCOCCNCc1ccccc1COC. The van der Waals surface area contributed by atoms with Crippen molar-refractivity contribution in [3.05, 3.63) is 48.0 Å². The summed E-state index contributed by atoms with van der Waals surface area (Å²) >= 11 is 0. The van der Waals surface area contributed by atoms with Crippen molar-refractivity contribution in [3.63, 3.8) is 0 Å². The van der Waals surface area contributed by atoms with Gasteiger partial charge in [0.05, 0.1) is 19.8 Å². The van der Waals surface area contributed by atoms with E-state index in [0.29, 0.717) is 6.61 Å². The number of rotatable bonds is 10. The lowest BCUT2D eigenvalue weighted by Gasteiger charge is -2.10. The fourth-order valence-corrected chi connectivity index (χ4v) is 1.66. The van der Waals surface area contributed by atoms with Crippen LogP contribution in [0.2, 0.25) is 0 Å². The molecule has 0 heterocycles. The van der Waals surface area contributed by atoms with Gasteiger partial charge in [-0.05, 0) is 17.5 Å². The zero-order valence-corrected chi connectivity index (χ0v) is 11.2. The molecule has 0 unspecified atom stereocenters. The van der Waals surface area contributed by atoms with Crippen LogP contribution in [0.15, 0.2) is 36.9 Å². The third-order valence-electron chi connectivity index (χ3n) is 2.62. The highest BCUT2D eigenvalue weighted by atomic mass is 16.5. The fraction of sp³-hybridized carbons (Fsp3) is 0.467. The Bertz CT molecular complexity index is 339. The third kappa shape index (κ3) is 5.96. The Morgan fingerprint density at radius 1 is 1.22 bits per heavy atom. The molecule has 3 heteroatoms. The first-order valence-electron chi connectivity index (χ1n) is 6.33. The van der Waals surface area contributed by atoms with Crippen LogP contribution in [-0.2, 0) is 22.6 Å². The molecule has 0 aromatic heterocycles. The van der Waals surface area contributed by atoms with E-state index in [2.05, 4.69) is 30.1 Å². The summed E-state index contributed by atoms with van der Waals surface area (Å²) in [5, 5.41) is 3.37. The molecule has 3 nitrogen and oxygen atoms in total. The molecule has 0 saturated heterocycles. The van der Waals surface area contributed by atoms with Crippen LogP contribution in [0.3, 0.4) is 0 Å². The second kappa shape index (κ2) is 9.83. The van der Waals surface area contributed by atoms with Gasteiger partial charge in [0.2, 0.25) is 0 Å². The van der Waals surface area contributed by atoms with Gasteiger partial charge in [-0.3, -0.25) is 0 Å². The molecule has 0 atom stereocenters. The van der Waals surface area contributed by atoms with Crippen molar-refractivity contribution in [2.45, 2.75) is 19.6 Å². The summed E-state index contributed by atoms with van der Waals surface area (Å²) in [6.45, 7) is 7.52. The van der Waals surface area contributed by atoms with Crippen LogP contribution in [0.1, 0.15) is 17.5 Å². The van der Waals surface area contributed by atoms with Gasteiger partial charge in [0.1, 0.15) is 0 Å². The zero-order chi connectivity index (χ0) is 13.1. The summed E-state index contributed by atoms with van der Waals surface area (Å²) in [5.74, 6) is 0. The summed E-state index contributed by atoms with van der Waals surface area (Å²) in [6.07, 6.45) is 2.78. The predicted molar refractivity (Wildman–Crippen MR) is 74.5 cm³/mol. The molecule has 1 rings (SSSR count). The third-order valence-corrected chi connectivity index (χ3v) is 2.62. The zero-order valence-electron chi connectivity index (χ0n) is 11.2. The summed E-state index contributed by atoms with van der Waals surface area (Å²) in [5.41, 5.74) is 2.52. The van der Waals surface area contributed by atoms with Crippen LogP contribution in [0.25, 0.3) is 0 Å². The molecule has 100 valence electrons. The number of hydrogen-bond acceptors (Lipinski definition) is 3. The average molecular weight is 249 g/mol. The Morgan fingerprint density at radius 2 is 2.00 bits per heavy atom. The highest BCUT2D eigenvalue weighted by Crippen LogP contribution is 2.09. The van der Waals surface area contributed by atoms with Crippen LogP contribution in [0, 0.1) is 0 Å². The molecule has 0 bridgehead atoms. The molecule has 0 amide bonds. The number of methoxy groups -OCH3 is 1. The van der Waals surface area contributed by atoms with Crippen LogP contribution in [-0.4, -0.2) is 26.9 Å². The van der Waals surface area contributed by atoms with E-state index >= 15 is 0 Å². The highest BCUT2D eigenvalue weighted by Gasteiger charge is 2.00. The normalized spacial score (nSPS) is 10.5. The molecule has 1 aromatic rings. The van der Waals surface area contributed by atoms with Crippen molar-refractivity contribution in [1.29, 1.82) is 0 Å². The molecular formula is C15H23NO2. The Balaban J connectivity index is 2.20. The van der Waals surface area contributed by atoms with Crippen LogP contribution in [0.4, 0.5) is 0 Å². The monoisotopic (exact) mass is 249 g/mol. The number of ether oxygens (including phenoxy) is 2. The number of hydrogen-bond donors (Lipinski definition) is 1. The second-order valence-corrected chi connectivity index (χ2v) is 4.07. The lowest BCUT2D eigenvalue weighted by atomic mass is 10.1. The van der Waals surface area contributed by atoms with Gasteiger partial charge in [-0.1, -0.05) is 30.3 Å². The maximum absolute atomic E-state index is 5.43. The molecule has 0 spiro atoms. The molecule has 1 aromatic carbocycles. The fourth-order valence-electron chi connectivity index (χ4n) is 1.66. The van der Waals surface area contributed by atoms with Crippen LogP contribution < -0.4 is 5.32 Å². The van der Waals surface area contributed by atoms with E-state index in [0.717, 1.165) is 32.7 Å². The van der Waals surface area contributed by atoms with Gasteiger partial charge in [0, 0.05) is 20.2 Å². The van der Waals surface area contributed by atoms with E-state index in [-0.39, 0.29) is 0 Å². The van der Waals surface area contributed by atoms with Gasteiger partial charge in [-0.25, -0.2) is 0 Å². The molecule has 18 heavy (non-hydrogen) atoms. The van der Waals surface area contributed by atoms with E-state index in [4.69, 9.17) is 9.47 Å². The number of nitrogens with one attached hydrogen (secondary N) is 1. The lowest BCUT2D eigenvalue weighted by Crippen LogP contribution is -2.20. The first-order valence-corrected chi connectivity index (χ1v) is 6.33. The standard InChI is InChI=1S/C15H23NO2/c1-3-4-10-18-11-9-16-12-14-7-5-6-8-15(14)13-17-2/h3,5-8,16H,1,4,9-13H2,2H3. The minimum absolute atomic E-state index is 0.660. The Kier molecular flexibility index (Phi) is 8.13. The largest absolute Gasteiger partial charge is 0.380 e. The molecule has 0 radical (unpaired) electrons. The van der Waals surface area contributed by atoms with Crippen LogP contribution in [0.5, 0.6) is 0 Å². The van der Waals surface area contributed by atoms with Crippen molar-refractivity contribution in [2.75, 3.05) is 26.9 Å². The first kappa shape index (κ1) is 14.9. The van der Waals surface area contributed by atoms with Crippen LogP contribution >= 0.6 is 0 Å². The van der Waals surface area contributed by atoms with Crippen molar-refractivity contribution in [2.24, 2.45) is 0 Å². The van der Waals surface area contributed by atoms with Gasteiger partial charge < -0.3 is 14.8 Å². The molecule has 0 aliphatic heterocycles. The van der Waals surface area contributed by atoms with Gasteiger partial charge in [0.25, 0.3) is 0 Å². The second-order valence-electron chi connectivity index (χ2n) is 4.07. The predicted octanol–water partition coefficient (Wildman–Crippen LogP) is 2.52. The first-order chi connectivity index (χ1) is 8.88. The Labute approximate surface area is 110 Å². The van der Waals surface area contributed by atoms with Gasteiger partial charge in [-0.2, -0.15) is 0 Å². The molecule has 1 N–H and O–H groups in total. The molecule has 0 fully saturated rings. The van der Waals surface area contributed by atoms with Crippen molar-refractivity contribution in [1.82, 2.24) is 5.32 Å². The maximum Gasteiger partial charge on any atom is 0.0716 e. The van der Waals surface area contributed by atoms with Crippen molar-refractivity contribution in [3.8, 4) is 0 Å². The molecule has 0 aliphatic rings. The molecular weight excluding hydrogens is 226 g/mol. The lowest BCUT2D eigenvalue weighted by molar-refractivity contribution is 0.140. The smallest absolute Gasteiger partial charge is 0.0716 e. The van der Waals surface area contributed by atoms with Gasteiger partial charge >= 0.3 is 0 Å². The summed E-state index contributed by atoms with van der Waals surface area (Å²) < 4.78 is 10.6. The van der Waals surface area contributed by atoms with Gasteiger partial charge in [-0.15, -0.1) is 6.58 Å². The van der Waals surface area contributed by atoms with E-state index in [1.807, 2.05) is 12.1 Å². The minimum Gasteiger partial charge on any atom is -0.380 e. The minimum atomic E-state index is 0.660.